The van der Waals surface area contributed by atoms with Crippen LogP contribution in [0.4, 0.5) is 0 Å². The van der Waals surface area contributed by atoms with E-state index in [2.05, 4.69) is 31.1 Å². The van der Waals surface area contributed by atoms with Crippen molar-refractivity contribution in [1.29, 1.82) is 0 Å². The molecule has 0 bridgehead atoms. The molecule has 2 heterocycles. The fourth-order valence-corrected chi connectivity index (χ4v) is 2.28. The van der Waals surface area contributed by atoms with Crippen LogP contribution in [0.1, 0.15) is 19.9 Å². The van der Waals surface area contributed by atoms with E-state index < -0.39 is 12.0 Å². The number of carboxylic acid groups (broad SMARTS) is 1. The molecule has 0 saturated heterocycles. The van der Waals surface area contributed by atoms with Gasteiger partial charge in [-0.15, -0.1) is 10.2 Å². The van der Waals surface area contributed by atoms with Gasteiger partial charge >= 0.3 is 5.97 Å². The number of hydrogen-bond acceptors (Lipinski definition) is 4. The van der Waals surface area contributed by atoms with Crippen LogP contribution >= 0.6 is 15.9 Å². The summed E-state index contributed by atoms with van der Waals surface area (Å²) in [4.78, 5) is 15.4. The molecule has 0 fully saturated rings. The monoisotopic (exact) mass is 324 g/mol. The zero-order valence-electron chi connectivity index (χ0n) is 10.5. The predicted molar refractivity (Wildman–Crippen MR) is 72.5 cm³/mol. The fourth-order valence-electron chi connectivity index (χ4n) is 1.91. The van der Waals surface area contributed by atoms with Gasteiger partial charge < -0.3 is 5.11 Å². The Balaban J connectivity index is 2.50. The van der Waals surface area contributed by atoms with Crippen molar-refractivity contribution >= 4 is 21.9 Å². The van der Waals surface area contributed by atoms with Gasteiger partial charge in [0.05, 0.1) is 0 Å². The van der Waals surface area contributed by atoms with E-state index in [1.54, 1.807) is 17.0 Å². The number of aliphatic carboxylic acids is 1. The van der Waals surface area contributed by atoms with Crippen LogP contribution in [-0.4, -0.2) is 30.8 Å². The number of pyridine rings is 1. The minimum Gasteiger partial charge on any atom is -0.480 e. The first-order valence-corrected chi connectivity index (χ1v) is 6.53. The average molecular weight is 325 g/mol. The molecule has 1 N–H and O–H groups in total. The van der Waals surface area contributed by atoms with Gasteiger partial charge in [0.15, 0.2) is 5.82 Å². The van der Waals surface area contributed by atoms with Crippen molar-refractivity contribution in [2.75, 3.05) is 0 Å². The lowest BCUT2D eigenvalue weighted by atomic mass is 10.0. The molecule has 0 spiro atoms. The van der Waals surface area contributed by atoms with Crippen LogP contribution in [0.5, 0.6) is 0 Å². The highest BCUT2D eigenvalue weighted by molar-refractivity contribution is 9.10. The zero-order valence-corrected chi connectivity index (χ0v) is 12.1. The van der Waals surface area contributed by atoms with E-state index in [4.69, 9.17) is 0 Å². The van der Waals surface area contributed by atoms with Crippen LogP contribution in [-0.2, 0) is 4.79 Å². The van der Waals surface area contributed by atoms with Gasteiger partial charge in [-0.1, -0.05) is 13.8 Å². The molecular formula is C12H13BrN4O2. The van der Waals surface area contributed by atoms with E-state index in [-0.39, 0.29) is 5.92 Å². The number of rotatable bonds is 4. The average Bonchev–Trinajstić information content (AvgIpc) is 2.77. The fraction of sp³-hybridized carbons (Fsp3) is 0.333. The third kappa shape index (κ3) is 2.81. The Kier molecular flexibility index (Phi) is 3.94. The summed E-state index contributed by atoms with van der Waals surface area (Å²) in [5, 5.41) is 17.2. The maximum absolute atomic E-state index is 11.4. The summed E-state index contributed by atoms with van der Waals surface area (Å²) < 4.78 is 2.37. The molecule has 1 atom stereocenters. The standard InChI is InChI=1S/C12H13BrN4O2/c1-7(2)10(12(18)19)17-6-15-16-11(17)8-3-9(13)5-14-4-8/h3-7,10H,1-2H3,(H,18,19). The SMILES string of the molecule is CC(C)C(C(=O)O)n1cnnc1-c1cncc(Br)c1. The number of nitrogens with zero attached hydrogens (tertiary/aromatic N) is 4. The molecule has 0 aliphatic carbocycles. The van der Waals surface area contributed by atoms with Crippen LogP contribution in [0.15, 0.2) is 29.3 Å². The molecule has 0 amide bonds. The van der Waals surface area contributed by atoms with E-state index in [0.717, 1.165) is 10.0 Å². The Morgan fingerprint density at radius 1 is 1.42 bits per heavy atom. The van der Waals surface area contributed by atoms with E-state index >= 15 is 0 Å². The van der Waals surface area contributed by atoms with Crippen LogP contribution in [0.25, 0.3) is 11.4 Å². The van der Waals surface area contributed by atoms with Gasteiger partial charge in [0.25, 0.3) is 0 Å². The van der Waals surface area contributed by atoms with Gasteiger partial charge in [0.1, 0.15) is 12.4 Å². The summed E-state index contributed by atoms with van der Waals surface area (Å²) in [6, 6.07) is 1.12. The highest BCUT2D eigenvalue weighted by Crippen LogP contribution is 2.26. The lowest BCUT2D eigenvalue weighted by Gasteiger charge is -2.19. The second-order valence-corrected chi connectivity index (χ2v) is 5.40. The molecule has 2 rings (SSSR count). The third-order valence-electron chi connectivity index (χ3n) is 2.72. The molecule has 0 aliphatic rings. The third-order valence-corrected chi connectivity index (χ3v) is 3.15. The smallest absolute Gasteiger partial charge is 0.327 e. The van der Waals surface area contributed by atoms with Crippen LogP contribution in [0, 0.1) is 5.92 Å². The summed E-state index contributed by atoms with van der Waals surface area (Å²) in [6.07, 6.45) is 4.72. The first-order valence-electron chi connectivity index (χ1n) is 5.74. The lowest BCUT2D eigenvalue weighted by Crippen LogP contribution is -2.24. The number of halogens is 1. The summed E-state index contributed by atoms with van der Waals surface area (Å²) in [5.41, 5.74) is 0.721. The Hall–Kier alpha value is -1.76. The summed E-state index contributed by atoms with van der Waals surface area (Å²) in [6.45, 7) is 3.70. The summed E-state index contributed by atoms with van der Waals surface area (Å²) in [7, 11) is 0. The van der Waals surface area contributed by atoms with Crippen molar-refractivity contribution in [2.24, 2.45) is 5.92 Å². The molecule has 100 valence electrons. The first-order chi connectivity index (χ1) is 9.00. The number of aromatic nitrogens is 4. The first kappa shape index (κ1) is 13.7. The van der Waals surface area contributed by atoms with Crippen LogP contribution < -0.4 is 0 Å². The molecule has 0 aliphatic heterocycles. The van der Waals surface area contributed by atoms with Crippen molar-refractivity contribution in [3.05, 3.63) is 29.3 Å². The Labute approximate surface area is 118 Å². The van der Waals surface area contributed by atoms with E-state index in [1.165, 1.54) is 6.33 Å². The molecule has 0 radical (unpaired) electrons. The molecule has 2 aromatic heterocycles. The van der Waals surface area contributed by atoms with Gasteiger partial charge in [0, 0.05) is 22.4 Å². The minimum atomic E-state index is -0.904. The molecule has 0 aromatic carbocycles. The number of carbonyl (C=O) groups is 1. The second-order valence-electron chi connectivity index (χ2n) is 4.48. The maximum Gasteiger partial charge on any atom is 0.327 e. The topological polar surface area (TPSA) is 80.9 Å². The van der Waals surface area contributed by atoms with Crippen LogP contribution in [0.3, 0.4) is 0 Å². The largest absolute Gasteiger partial charge is 0.480 e. The normalized spacial score (nSPS) is 12.6. The Morgan fingerprint density at radius 2 is 2.16 bits per heavy atom. The van der Waals surface area contributed by atoms with Gasteiger partial charge in [-0.2, -0.15) is 0 Å². The molecule has 2 aromatic rings. The second kappa shape index (κ2) is 5.48. The van der Waals surface area contributed by atoms with Gasteiger partial charge in [-0.3, -0.25) is 9.55 Å². The van der Waals surface area contributed by atoms with E-state index in [0.29, 0.717) is 5.82 Å². The van der Waals surface area contributed by atoms with Crippen molar-refractivity contribution in [3.8, 4) is 11.4 Å². The molecule has 19 heavy (non-hydrogen) atoms. The van der Waals surface area contributed by atoms with E-state index in [1.807, 2.05) is 19.9 Å². The predicted octanol–water partition coefficient (Wildman–Crippen LogP) is 2.38. The Bertz CT molecular complexity index is 597. The van der Waals surface area contributed by atoms with Gasteiger partial charge in [-0.05, 0) is 27.9 Å². The summed E-state index contributed by atoms with van der Waals surface area (Å²) >= 11 is 3.33. The number of carboxylic acids is 1. The molecule has 1 unspecified atom stereocenters. The lowest BCUT2D eigenvalue weighted by molar-refractivity contribution is -0.142. The quantitative estimate of drug-likeness (QED) is 0.933. The van der Waals surface area contributed by atoms with Crippen molar-refractivity contribution < 1.29 is 9.90 Å². The highest BCUT2D eigenvalue weighted by atomic mass is 79.9. The number of hydrogen-bond donors (Lipinski definition) is 1. The van der Waals surface area contributed by atoms with Gasteiger partial charge in [0.2, 0.25) is 0 Å². The minimum absolute atomic E-state index is 0.0765. The van der Waals surface area contributed by atoms with Crippen molar-refractivity contribution in [3.63, 3.8) is 0 Å². The molecule has 7 heteroatoms. The maximum atomic E-state index is 11.4. The van der Waals surface area contributed by atoms with Gasteiger partial charge in [-0.25, -0.2) is 4.79 Å². The molecule has 0 saturated carbocycles. The van der Waals surface area contributed by atoms with Crippen LogP contribution in [0.2, 0.25) is 0 Å². The zero-order chi connectivity index (χ0) is 14.0. The summed E-state index contributed by atoms with van der Waals surface area (Å²) in [5.74, 6) is -0.485. The molecule has 6 nitrogen and oxygen atoms in total. The van der Waals surface area contributed by atoms with E-state index in [9.17, 15) is 9.90 Å². The highest BCUT2D eigenvalue weighted by Gasteiger charge is 2.26. The van der Waals surface area contributed by atoms with Crippen molar-refractivity contribution in [1.82, 2.24) is 19.7 Å². The Morgan fingerprint density at radius 3 is 2.74 bits per heavy atom. The van der Waals surface area contributed by atoms with Crippen molar-refractivity contribution in [2.45, 2.75) is 19.9 Å². The molecular weight excluding hydrogens is 312 g/mol.